The van der Waals surface area contributed by atoms with Crippen molar-refractivity contribution in [2.45, 2.75) is 52.1 Å². The maximum Gasteiger partial charge on any atom is 0.340 e. The number of hydrogen-bond donors (Lipinski definition) is 1. The van der Waals surface area contributed by atoms with E-state index in [1.54, 1.807) is 18.2 Å². The van der Waals surface area contributed by atoms with E-state index < -0.39 is 5.97 Å². The quantitative estimate of drug-likeness (QED) is 0.447. The monoisotopic (exact) mass is 279 g/mol. The van der Waals surface area contributed by atoms with Gasteiger partial charge in [0, 0.05) is 0 Å². The number of benzene rings is 1. The second-order valence-corrected chi connectivity index (χ2v) is 4.99. The maximum atomic E-state index is 11.6. The molecule has 1 atom stereocenters. The highest BCUT2D eigenvalue weighted by Gasteiger charge is 2.15. The molecule has 20 heavy (non-hydrogen) atoms. The Kier molecular flexibility index (Phi) is 6.91. The van der Waals surface area contributed by atoms with Crippen LogP contribution in [0.15, 0.2) is 18.2 Å². The molecule has 112 valence electrons. The Hall–Kier alpha value is -1.71. The first kappa shape index (κ1) is 16.3. The van der Waals surface area contributed by atoms with Crippen molar-refractivity contribution in [1.29, 1.82) is 0 Å². The van der Waals surface area contributed by atoms with E-state index in [0.717, 1.165) is 12.8 Å². The lowest BCUT2D eigenvalue weighted by Crippen LogP contribution is -2.14. The van der Waals surface area contributed by atoms with Gasteiger partial charge in [0.15, 0.2) is 0 Å². The minimum Gasteiger partial charge on any atom is -0.489 e. The molecule has 0 radical (unpaired) electrons. The van der Waals surface area contributed by atoms with E-state index in [1.165, 1.54) is 26.4 Å². The minimum absolute atomic E-state index is 0.0852. The lowest BCUT2D eigenvalue weighted by atomic mass is 10.1. The van der Waals surface area contributed by atoms with Gasteiger partial charge in [0.05, 0.1) is 24.5 Å². The Morgan fingerprint density at radius 1 is 1.30 bits per heavy atom. The van der Waals surface area contributed by atoms with Crippen molar-refractivity contribution in [2.24, 2.45) is 0 Å². The van der Waals surface area contributed by atoms with E-state index in [0.29, 0.717) is 17.0 Å². The van der Waals surface area contributed by atoms with E-state index in [9.17, 15) is 4.79 Å². The molecule has 0 aliphatic heterocycles. The van der Waals surface area contributed by atoms with Crippen LogP contribution >= 0.6 is 0 Å². The molecule has 1 rings (SSSR count). The Labute approximate surface area is 121 Å². The van der Waals surface area contributed by atoms with Gasteiger partial charge in [-0.2, -0.15) is 0 Å². The average molecular weight is 279 g/mol. The van der Waals surface area contributed by atoms with Crippen LogP contribution in [0.1, 0.15) is 56.3 Å². The highest BCUT2D eigenvalue weighted by Crippen LogP contribution is 2.27. The number of anilines is 1. The number of para-hydroxylation sites is 1. The van der Waals surface area contributed by atoms with Crippen molar-refractivity contribution in [3.63, 3.8) is 0 Å². The molecule has 0 saturated heterocycles. The second-order valence-electron chi connectivity index (χ2n) is 4.99. The summed E-state index contributed by atoms with van der Waals surface area (Å²) >= 11 is 0. The van der Waals surface area contributed by atoms with Crippen LogP contribution in [0.4, 0.5) is 5.69 Å². The molecule has 0 saturated carbocycles. The summed E-state index contributed by atoms with van der Waals surface area (Å²) in [5, 5.41) is 0. The standard InChI is InChI=1S/C16H25NO3/c1-4-5-6-7-9-12(2)20-14-11-8-10-13(15(14)17)16(18)19-3/h8,10-12H,4-7,9,17H2,1-3H3. The van der Waals surface area contributed by atoms with E-state index in [-0.39, 0.29) is 6.10 Å². The number of nitrogen functional groups attached to an aromatic ring is 1. The Balaban J connectivity index is 2.61. The third kappa shape index (κ3) is 4.76. The van der Waals surface area contributed by atoms with Gasteiger partial charge in [-0.1, -0.05) is 32.3 Å². The van der Waals surface area contributed by atoms with Crippen LogP contribution < -0.4 is 10.5 Å². The fourth-order valence-corrected chi connectivity index (χ4v) is 2.07. The van der Waals surface area contributed by atoms with E-state index in [4.69, 9.17) is 15.2 Å². The lowest BCUT2D eigenvalue weighted by Gasteiger charge is -2.17. The van der Waals surface area contributed by atoms with E-state index >= 15 is 0 Å². The molecular weight excluding hydrogens is 254 g/mol. The molecule has 0 amide bonds. The third-order valence-corrected chi connectivity index (χ3v) is 3.26. The fourth-order valence-electron chi connectivity index (χ4n) is 2.07. The molecule has 4 heteroatoms. The van der Waals surface area contributed by atoms with Crippen LogP contribution in [0.3, 0.4) is 0 Å². The molecule has 0 bridgehead atoms. The summed E-state index contributed by atoms with van der Waals surface area (Å²) in [4.78, 5) is 11.6. The molecule has 0 heterocycles. The summed E-state index contributed by atoms with van der Waals surface area (Å²) in [6.07, 6.45) is 5.92. The zero-order valence-corrected chi connectivity index (χ0v) is 12.6. The molecule has 0 spiro atoms. The van der Waals surface area contributed by atoms with Crippen LogP contribution in [0, 0.1) is 0 Å². The van der Waals surface area contributed by atoms with Crippen molar-refractivity contribution in [3.05, 3.63) is 23.8 Å². The smallest absolute Gasteiger partial charge is 0.340 e. The van der Waals surface area contributed by atoms with Crippen LogP contribution in [-0.2, 0) is 4.74 Å². The predicted molar refractivity (Wildman–Crippen MR) is 81.0 cm³/mol. The predicted octanol–water partition coefficient (Wildman–Crippen LogP) is 3.79. The van der Waals surface area contributed by atoms with Gasteiger partial charge in [0.2, 0.25) is 0 Å². The largest absolute Gasteiger partial charge is 0.489 e. The Morgan fingerprint density at radius 3 is 2.70 bits per heavy atom. The number of ether oxygens (including phenoxy) is 2. The molecular formula is C16H25NO3. The summed E-state index contributed by atoms with van der Waals surface area (Å²) in [6.45, 7) is 4.22. The second kappa shape index (κ2) is 8.46. The van der Waals surface area contributed by atoms with Crippen molar-refractivity contribution >= 4 is 11.7 Å². The number of carbonyl (C=O) groups excluding carboxylic acids is 1. The van der Waals surface area contributed by atoms with Gasteiger partial charge in [-0.3, -0.25) is 0 Å². The van der Waals surface area contributed by atoms with Crippen LogP contribution in [-0.4, -0.2) is 19.2 Å². The summed E-state index contributed by atoms with van der Waals surface area (Å²) in [6, 6.07) is 5.17. The van der Waals surface area contributed by atoms with Gasteiger partial charge in [-0.05, 0) is 31.9 Å². The molecule has 4 nitrogen and oxygen atoms in total. The summed E-state index contributed by atoms with van der Waals surface area (Å²) in [5.74, 6) is 0.111. The zero-order chi connectivity index (χ0) is 15.0. The molecule has 1 aromatic carbocycles. The van der Waals surface area contributed by atoms with Gasteiger partial charge in [0.25, 0.3) is 0 Å². The number of methoxy groups -OCH3 is 1. The van der Waals surface area contributed by atoms with Crippen molar-refractivity contribution in [1.82, 2.24) is 0 Å². The Bertz CT molecular complexity index is 432. The summed E-state index contributed by atoms with van der Waals surface area (Å²) < 4.78 is 10.5. The number of unbranched alkanes of at least 4 members (excludes halogenated alkanes) is 3. The van der Waals surface area contributed by atoms with Crippen LogP contribution in [0.25, 0.3) is 0 Å². The summed E-state index contributed by atoms with van der Waals surface area (Å²) in [7, 11) is 1.34. The maximum absolute atomic E-state index is 11.6. The Morgan fingerprint density at radius 2 is 2.05 bits per heavy atom. The molecule has 0 aliphatic carbocycles. The van der Waals surface area contributed by atoms with E-state index in [2.05, 4.69) is 6.92 Å². The highest BCUT2D eigenvalue weighted by molar-refractivity contribution is 5.96. The number of rotatable bonds is 8. The fraction of sp³-hybridized carbons (Fsp3) is 0.562. The lowest BCUT2D eigenvalue weighted by molar-refractivity contribution is 0.0601. The third-order valence-electron chi connectivity index (χ3n) is 3.26. The van der Waals surface area contributed by atoms with Crippen molar-refractivity contribution < 1.29 is 14.3 Å². The van der Waals surface area contributed by atoms with Crippen molar-refractivity contribution in [2.75, 3.05) is 12.8 Å². The van der Waals surface area contributed by atoms with Gasteiger partial charge in [0.1, 0.15) is 5.75 Å². The van der Waals surface area contributed by atoms with E-state index in [1.807, 2.05) is 6.92 Å². The first-order chi connectivity index (χ1) is 9.60. The number of carbonyl (C=O) groups is 1. The number of esters is 1. The molecule has 0 aliphatic rings. The molecule has 0 aromatic heterocycles. The van der Waals surface area contributed by atoms with Crippen molar-refractivity contribution in [3.8, 4) is 5.75 Å². The normalized spacial score (nSPS) is 11.9. The molecule has 1 aromatic rings. The van der Waals surface area contributed by atoms with Gasteiger partial charge < -0.3 is 15.2 Å². The highest BCUT2D eigenvalue weighted by atomic mass is 16.5. The minimum atomic E-state index is -0.441. The first-order valence-corrected chi connectivity index (χ1v) is 7.23. The first-order valence-electron chi connectivity index (χ1n) is 7.23. The molecule has 1 unspecified atom stereocenters. The molecule has 0 fully saturated rings. The van der Waals surface area contributed by atoms with Gasteiger partial charge >= 0.3 is 5.97 Å². The van der Waals surface area contributed by atoms with Gasteiger partial charge in [-0.25, -0.2) is 4.79 Å². The average Bonchev–Trinajstić information content (AvgIpc) is 2.45. The number of hydrogen-bond acceptors (Lipinski definition) is 4. The molecule has 2 N–H and O–H groups in total. The summed E-state index contributed by atoms with van der Waals surface area (Å²) in [5.41, 5.74) is 6.66. The SMILES string of the molecule is CCCCCCC(C)Oc1cccc(C(=O)OC)c1N. The number of nitrogens with two attached hydrogens (primary N) is 1. The zero-order valence-electron chi connectivity index (χ0n) is 12.6. The van der Waals surface area contributed by atoms with Crippen LogP contribution in [0.2, 0.25) is 0 Å². The van der Waals surface area contributed by atoms with Gasteiger partial charge in [-0.15, -0.1) is 0 Å². The topological polar surface area (TPSA) is 61.5 Å². The van der Waals surface area contributed by atoms with Crippen LogP contribution in [0.5, 0.6) is 5.75 Å².